The fourth-order valence-corrected chi connectivity index (χ4v) is 2.81. The van der Waals surface area contributed by atoms with Crippen LogP contribution in [0.1, 0.15) is 65.7 Å². The Morgan fingerprint density at radius 1 is 0.947 bits per heavy atom. The van der Waals surface area contributed by atoms with Gasteiger partial charge in [-0.1, -0.05) is 68.8 Å². The van der Waals surface area contributed by atoms with Crippen molar-refractivity contribution in [1.29, 1.82) is 0 Å². The first-order valence-electron chi connectivity index (χ1n) is 6.92. The number of carboxylic acids is 2. The van der Waals surface area contributed by atoms with E-state index in [9.17, 15) is 19.8 Å². The van der Waals surface area contributed by atoms with Gasteiger partial charge in [-0.25, -0.2) is 0 Å². The first kappa shape index (κ1) is 18.4. The third kappa shape index (κ3) is 4.20. The Morgan fingerprint density at radius 2 is 1.37 bits per heavy atom. The maximum atomic E-state index is 11.5. The molecule has 4 nitrogen and oxygen atoms in total. The highest BCUT2D eigenvalue weighted by Gasteiger charge is 2.57. The number of halogens is 1. The zero-order valence-electron chi connectivity index (χ0n) is 12.0. The molecule has 19 heavy (non-hydrogen) atoms. The van der Waals surface area contributed by atoms with Crippen LogP contribution < -0.4 is 0 Å². The van der Waals surface area contributed by atoms with Gasteiger partial charge in [0.25, 0.3) is 0 Å². The van der Waals surface area contributed by atoms with E-state index in [-0.39, 0.29) is 0 Å². The summed E-state index contributed by atoms with van der Waals surface area (Å²) in [4.78, 5) is 23.0. The van der Waals surface area contributed by atoms with E-state index in [1.54, 1.807) is 6.92 Å². The number of alkyl halides is 1. The molecule has 0 saturated heterocycles. The smallest absolute Gasteiger partial charge is 0.332 e. The van der Waals surface area contributed by atoms with Gasteiger partial charge in [0.2, 0.25) is 4.32 Å². The van der Waals surface area contributed by atoms with Crippen molar-refractivity contribution in [3.05, 3.63) is 0 Å². The molecule has 0 saturated carbocycles. The highest BCUT2D eigenvalue weighted by Crippen LogP contribution is 2.47. The summed E-state index contributed by atoms with van der Waals surface area (Å²) < 4.78 is -1.90. The van der Waals surface area contributed by atoms with Crippen LogP contribution >= 0.6 is 15.9 Å². The molecule has 0 aliphatic rings. The van der Waals surface area contributed by atoms with Crippen LogP contribution in [-0.2, 0) is 9.59 Å². The van der Waals surface area contributed by atoms with Gasteiger partial charge in [0.05, 0.1) is 0 Å². The van der Waals surface area contributed by atoms with Gasteiger partial charge in [0, 0.05) is 5.41 Å². The molecule has 0 spiro atoms. The molecule has 112 valence electrons. The van der Waals surface area contributed by atoms with E-state index in [2.05, 4.69) is 22.9 Å². The predicted octanol–water partition coefficient (Wildman–Crippen LogP) is 4.07. The van der Waals surface area contributed by atoms with Crippen molar-refractivity contribution in [1.82, 2.24) is 0 Å². The third-order valence-electron chi connectivity index (χ3n) is 3.84. The highest BCUT2D eigenvalue weighted by molar-refractivity contribution is 9.10. The second kappa shape index (κ2) is 7.88. The summed E-state index contributed by atoms with van der Waals surface area (Å²) in [6, 6.07) is 0. The quantitative estimate of drug-likeness (QED) is 0.358. The van der Waals surface area contributed by atoms with Crippen LogP contribution in [0.5, 0.6) is 0 Å². The highest BCUT2D eigenvalue weighted by atomic mass is 79.9. The second-order valence-corrected chi connectivity index (χ2v) is 6.58. The minimum absolute atomic E-state index is 0.594. The average molecular weight is 337 g/mol. The molecular weight excluding hydrogens is 312 g/mol. The normalized spacial score (nSPS) is 14.9. The van der Waals surface area contributed by atoms with E-state index in [0.717, 1.165) is 32.1 Å². The molecule has 0 aromatic rings. The van der Waals surface area contributed by atoms with Crippen LogP contribution in [0.4, 0.5) is 0 Å². The Kier molecular flexibility index (Phi) is 7.64. The zero-order valence-corrected chi connectivity index (χ0v) is 13.6. The predicted molar refractivity (Wildman–Crippen MR) is 78.7 cm³/mol. The maximum absolute atomic E-state index is 11.5. The lowest BCUT2D eigenvalue weighted by molar-refractivity contribution is -0.157. The number of unbranched alkanes of at least 4 members (excludes halogenated alkanes) is 3. The molecule has 0 aromatic heterocycles. The van der Waals surface area contributed by atoms with Crippen molar-refractivity contribution in [2.75, 3.05) is 0 Å². The lowest BCUT2D eigenvalue weighted by Gasteiger charge is -2.39. The van der Waals surface area contributed by atoms with Gasteiger partial charge in [0.1, 0.15) is 0 Å². The van der Waals surface area contributed by atoms with Gasteiger partial charge in [-0.3, -0.25) is 9.59 Å². The van der Waals surface area contributed by atoms with Gasteiger partial charge < -0.3 is 10.2 Å². The van der Waals surface area contributed by atoms with Crippen LogP contribution in [0.15, 0.2) is 0 Å². The van der Waals surface area contributed by atoms with Crippen LogP contribution in [0.3, 0.4) is 0 Å². The van der Waals surface area contributed by atoms with E-state index in [4.69, 9.17) is 0 Å². The van der Waals surface area contributed by atoms with Gasteiger partial charge in [-0.2, -0.15) is 0 Å². The van der Waals surface area contributed by atoms with Crippen molar-refractivity contribution in [2.45, 2.75) is 70.0 Å². The lowest BCUT2D eigenvalue weighted by Crippen LogP contribution is -2.53. The van der Waals surface area contributed by atoms with Crippen LogP contribution in [0.25, 0.3) is 0 Å². The summed E-state index contributed by atoms with van der Waals surface area (Å²) in [6.45, 7) is 5.86. The molecule has 0 aliphatic heterocycles. The van der Waals surface area contributed by atoms with E-state index < -0.39 is 21.7 Å². The summed E-state index contributed by atoms with van der Waals surface area (Å²) >= 11 is 3.02. The molecule has 0 radical (unpaired) electrons. The van der Waals surface area contributed by atoms with Gasteiger partial charge in [-0.15, -0.1) is 0 Å². The molecular formula is C14H25BrO4. The Bertz CT molecular complexity index is 303. The summed E-state index contributed by atoms with van der Waals surface area (Å²) in [5.74, 6) is -2.62. The molecule has 0 rings (SSSR count). The molecule has 0 heterocycles. The molecule has 5 heteroatoms. The molecule has 0 bridgehead atoms. The van der Waals surface area contributed by atoms with Crippen molar-refractivity contribution >= 4 is 27.9 Å². The minimum atomic E-state index is -1.90. The van der Waals surface area contributed by atoms with E-state index in [1.807, 2.05) is 6.92 Å². The monoisotopic (exact) mass is 336 g/mol. The van der Waals surface area contributed by atoms with Crippen molar-refractivity contribution in [3.63, 3.8) is 0 Å². The minimum Gasteiger partial charge on any atom is -0.480 e. The van der Waals surface area contributed by atoms with Crippen LogP contribution in [-0.4, -0.2) is 26.5 Å². The zero-order chi connectivity index (χ0) is 15.1. The van der Waals surface area contributed by atoms with Gasteiger partial charge in [0.15, 0.2) is 0 Å². The third-order valence-corrected chi connectivity index (χ3v) is 5.47. The fourth-order valence-electron chi connectivity index (χ4n) is 2.41. The first-order valence-corrected chi connectivity index (χ1v) is 7.71. The first-order chi connectivity index (χ1) is 8.76. The number of rotatable bonds is 10. The Balaban J connectivity index is 5.27. The molecule has 0 aromatic carbocycles. The summed E-state index contributed by atoms with van der Waals surface area (Å²) in [7, 11) is 0. The van der Waals surface area contributed by atoms with Crippen molar-refractivity contribution in [3.8, 4) is 0 Å². The number of carbonyl (C=O) groups is 2. The van der Waals surface area contributed by atoms with Crippen LogP contribution in [0.2, 0.25) is 0 Å². The molecule has 1 unspecified atom stereocenters. The summed E-state index contributed by atoms with van der Waals surface area (Å²) in [6.07, 6.45) is 5.82. The van der Waals surface area contributed by atoms with E-state index in [1.165, 1.54) is 0 Å². The SMILES string of the molecule is CCCCCC(C)(CCCC)C(Br)(C(=O)O)C(=O)O. The van der Waals surface area contributed by atoms with E-state index in [0.29, 0.717) is 12.8 Å². The standard InChI is InChI=1S/C14H25BrO4/c1-4-6-8-10-13(3,9-7-5-2)14(15,11(16)17)12(18)19/h4-10H2,1-3H3,(H,16,17)(H,18,19). The largest absolute Gasteiger partial charge is 0.480 e. The van der Waals surface area contributed by atoms with Crippen molar-refractivity contribution < 1.29 is 19.8 Å². The second-order valence-electron chi connectivity index (χ2n) is 5.39. The maximum Gasteiger partial charge on any atom is 0.332 e. The molecule has 1 atom stereocenters. The molecule has 0 amide bonds. The lowest BCUT2D eigenvalue weighted by atomic mass is 9.69. The van der Waals surface area contributed by atoms with Gasteiger partial charge in [-0.05, 0) is 12.8 Å². The number of carboxylic acid groups (broad SMARTS) is 2. The van der Waals surface area contributed by atoms with Gasteiger partial charge >= 0.3 is 11.9 Å². The number of aliphatic carboxylic acids is 2. The number of hydrogen-bond donors (Lipinski definition) is 2. The number of hydrogen-bond acceptors (Lipinski definition) is 2. The average Bonchev–Trinajstić information content (AvgIpc) is 2.35. The molecule has 0 aliphatic carbocycles. The van der Waals surface area contributed by atoms with Crippen LogP contribution in [0, 0.1) is 5.41 Å². The Morgan fingerprint density at radius 3 is 1.74 bits per heavy atom. The summed E-state index contributed by atoms with van der Waals surface area (Å²) in [5.41, 5.74) is -0.782. The fraction of sp³-hybridized carbons (Fsp3) is 0.857. The molecule has 2 N–H and O–H groups in total. The Hall–Kier alpha value is -0.580. The topological polar surface area (TPSA) is 74.6 Å². The Labute approximate surface area is 123 Å². The molecule has 0 fully saturated rings. The van der Waals surface area contributed by atoms with Crippen molar-refractivity contribution in [2.24, 2.45) is 5.41 Å². The van der Waals surface area contributed by atoms with E-state index >= 15 is 0 Å². The summed E-state index contributed by atoms with van der Waals surface area (Å²) in [5, 5.41) is 18.7.